The summed E-state index contributed by atoms with van der Waals surface area (Å²) in [7, 11) is 1.84. The van der Waals surface area contributed by atoms with Crippen LogP contribution in [0.1, 0.15) is 10.4 Å². The highest BCUT2D eigenvalue weighted by Gasteiger charge is 2.26. The molecule has 0 spiro atoms. The fourth-order valence-electron chi connectivity index (χ4n) is 4.58. The van der Waals surface area contributed by atoms with Crippen molar-refractivity contribution in [3.63, 3.8) is 0 Å². The molecular weight excluding hydrogens is 449 g/mol. The molecule has 1 aliphatic heterocycles. The second-order valence-corrected chi connectivity index (χ2v) is 8.73. The van der Waals surface area contributed by atoms with Crippen LogP contribution >= 0.6 is 0 Å². The number of rotatable bonds is 4. The molecule has 4 aromatic heterocycles. The summed E-state index contributed by atoms with van der Waals surface area (Å²) in [5.74, 6) is -0.751. The molecule has 176 valence electrons. The lowest BCUT2D eigenvalue weighted by Crippen LogP contribution is -2.42. The Morgan fingerprint density at radius 2 is 1.97 bits per heavy atom. The van der Waals surface area contributed by atoms with Gasteiger partial charge in [0.15, 0.2) is 0 Å². The van der Waals surface area contributed by atoms with E-state index in [-0.39, 0.29) is 11.9 Å². The second-order valence-electron chi connectivity index (χ2n) is 8.73. The Labute approximate surface area is 199 Å². The van der Waals surface area contributed by atoms with Gasteiger partial charge in [-0.25, -0.2) is 9.37 Å². The zero-order valence-corrected chi connectivity index (χ0v) is 18.8. The number of halogens is 1. The minimum absolute atomic E-state index is 0.288. The van der Waals surface area contributed by atoms with Crippen LogP contribution in [0.4, 0.5) is 4.39 Å². The third-order valence-electron chi connectivity index (χ3n) is 6.39. The van der Waals surface area contributed by atoms with E-state index in [1.807, 2.05) is 19.3 Å². The van der Waals surface area contributed by atoms with Crippen molar-refractivity contribution in [2.75, 3.05) is 13.1 Å². The number of hydrogen-bond donors (Lipinski definition) is 4. The van der Waals surface area contributed by atoms with E-state index in [4.69, 9.17) is 0 Å². The standard InChI is InChI=1S/C25H22FN7O2/c1-33-12-15(7-30-33)18-6-16-19(10-28-18)31-24-23(16)22(17(26)8-29-24)13-2-4-14(5-3-13)25(35)32-20-9-27-11-21(20)34/h2-8,10,12,20-21,27,34H,9,11H2,1H3,(H,29,31)(H,32,35)/t20-,21+/m1/s1. The summed E-state index contributed by atoms with van der Waals surface area (Å²) in [6.45, 7) is 0.964. The molecule has 0 unspecified atom stereocenters. The molecule has 1 amide bonds. The lowest BCUT2D eigenvalue weighted by atomic mass is 9.99. The maximum absolute atomic E-state index is 15.2. The van der Waals surface area contributed by atoms with Gasteiger partial charge in [0, 0.05) is 53.8 Å². The van der Waals surface area contributed by atoms with Gasteiger partial charge in [0.2, 0.25) is 0 Å². The molecular formula is C25H22FN7O2. The van der Waals surface area contributed by atoms with Crippen molar-refractivity contribution < 1.29 is 14.3 Å². The topological polar surface area (TPSA) is 121 Å². The van der Waals surface area contributed by atoms with Crippen molar-refractivity contribution in [3.05, 3.63) is 66.5 Å². The molecule has 0 aliphatic carbocycles. The van der Waals surface area contributed by atoms with Gasteiger partial charge in [-0.05, 0) is 23.8 Å². The van der Waals surface area contributed by atoms with E-state index >= 15 is 4.39 Å². The monoisotopic (exact) mass is 471 g/mol. The smallest absolute Gasteiger partial charge is 0.251 e. The lowest BCUT2D eigenvalue weighted by molar-refractivity contribution is 0.0888. The Morgan fingerprint density at radius 1 is 1.14 bits per heavy atom. The van der Waals surface area contributed by atoms with Crippen molar-refractivity contribution in [2.24, 2.45) is 7.05 Å². The number of carbonyl (C=O) groups excluding carboxylic acids is 1. The maximum Gasteiger partial charge on any atom is 0.251 e. The highest BCUT2D eigenvalue weighted by atomic mass is 19.1. The van der Waals surface area contributed by atoms with E-state index in [0.717, 1.165) is 22.2 Å². The SMILES string of the molecule is Cn1cc(-c2cc3c(cn2)[nH]c2ncc(F)c(-c4ccc(C(=O)N[C@@H]5CNC[C@@H]5O)cc4)c23)cn1. The molecule has 35 heavy (non-hydrogen) atoms. The highest BCUT2D eigenvalue weighted by Crippen LogP contribution is 2.36. The largest absolute Gasteiger partial charge is 0.390 e. The number of amides is 1. The zero-order valence-electron chi connectivity index (χ0n) is 18.8. The Bertz CT molecular complexity index is 1570. The predicted molar refractivity (Wildman–Crippen MR) is 129 cm³/mol. The fraction of sp³-hybridized carbons (Fsp3) is 0.200. The fourth-order valence-corrected chi connectivity index (χ4v) is 4.58. The number of pyridine rings is 2. The van der Waals surface area contributed by atoms with Crippen LogP contribution in [0.5, 0.6) is 0 Å². The molecule has 4 N–H and O–H groups in total. The first kappa shape index (κ1) is 21.4. The van der Waals surface area contributed by atoms with E-state index in [1.165, 1.54) is 6.20 Å². The van der Waals surface area contributed by atoms with E-state index in [0.29, 0.717) is 40.8 Å². The summed E-state index contributed by atoms with van der Waals surface area (Å²) in [4.78, 5) is 24.6. The van der Waals surface area contributed by atoms with E-state index < -0.39 is 11.9 Å². The summed E-state index contributed by atoms with van der Waals surface area (Å²) in [6.07, 6.45) is 5.88. The van der Waals surface area contributed by atoms with Gasteiger partial charge >= 0.3 is 0 Å². The van der Waals surface area contributed by atoms with Crippen molar-refractivity contribution >= 4 is 27.8 Å². The minimum atomic E-state index is -0.620. The number of H-pyrrole nitrogens is 1. The molecule has 0 radical (unpaired) electrons. The van der Waals surface area contributed by atoms with Crippen LogP contribution in [0.2, 0.25) is 0 Å². The molecule has 9 nitrogen and oxygen atoms in total. The number of hydrogen-bond acceptors (Lipinski definition) is 6. The molecule has 10 heteroatoms. The summed E-state index contributed by atoms with van der Waals surface area (Å²) in [6, 6.07) is 8.31. The van der Waals surface area contributed by atoms with Crippen LogP contribution < -0.4 is 10.6 Å². The number of aromatic amines is 1. The molecule has 0 saturated carbocycles. The Kier molecular flexibility index (Phi) is 5.05. The van der Waals surface area contributed by atoms with Gasteiger partial charge in [-0.15, -0.1) is 0 Å². The first-order valence-electron chi connectivity index (χ1n) is 11.2. The van der Waals surface area contributed by atoms with E-state index in [9.17, 15) is 9.90 Å². The Hall–Kier alpha value is -4.15. The van der Waals surface area contributed by atoms with Gasteiger partial charge in [0.1, 0.15) is 11.5 Å². The molecule has 2 atom stereocenters. The number of aryl methyl sites for hydroxylation is 1. The third-order valence-corrected chi connectivity index (χ3v) is 6.39. The average Bonchev–Trinajstić information content (AvgIpc) is 3.57. The van der Waals surface area contributed by atoms with Gasteiger partial charge < -0.3 is 20.7 Å². The average molecular weight is 471 g/mol. The molecule has 5 heterocycles. The number of carbonyl (C=O) groups is 1. The number of aliphatic hydroxyl groups excluding tert-OH is 1. The third kappa shape index (κ3) is 3.72. The summed E-state index contributed by atoms with van der Waals surface area (Å²) in [5.41, 5.74) is 4.31. The molecule has 1 aliphatic rings. The number of nitrogens with zero attached hydrogens (tertiary/aromatic N) is 4. The van der Waals surface area contributed by atoms with Crippen molar-refractivity contribution in [1.29, 1.82) is 0 Å². The van der Waals surface area contributed by atoms with Crippen LogP contribution in [0.3, 0.4) is 0 Å². The predicted octanol–water partition coefficient (Wildman–Crippen LogP) is 2.38. The molecule has 0 bridgehead atoms. The number of β-amino-alcohol motifs (C(OH)–C–C–N with tert-alkyl or cyclic N) is 1. The second kappa shape index (κ2) is 8.26. The Morgan fingerprint density at radius 3 is 2.69 bits per heavy atom. The summed E-state index contributed by atoms with van der Waals surface area (Å²) in [5, 5.41) is 21.4. The minimum Gasteiger partial charge on any atom is -0.390 e. The number of benzene rings is 1. The molecule has 6 rings (SSSR count). The van der Waals surface area contributed by atoms with Gasteiger partial charge in [0.25, 0.3) is 5.91 Å². The number of aromatic nitrogens is 5. The van der Waals surface area contributed by atoms with Crippen molar-refractivity contribution in [1.82, 2.24) is 35.4 Å². The number of fused-ring (bicyclic) bond motifs is 3. The van der Waals surface area contributed by atoms with Crippen LogP contribution in [-0.2, 0) is 7.05 Å². The van der Waals surface area contributed by atoms with Crippen LogP contribution in [0.15, 0.2) is 55.1 Å². The van der Waals surface area contributed by atoms with Crippen LogP contribution in [0, 0.1) is 5.82 Å². The molecule has 1 aromatic carbocycles. The zero-order chi connectivity index (χ0) is 24.1. The van der Waals surface area contributed by atoms with Gasteiger partial charge in [-0.3, -0.25) is 14.5 Å². The quantitative estimate of drug-likeness (QED) is 0.319. The van der Waals surface area contributed by atoms with Crippen LogP contribution in [0.25, 0.3) is 44.3 Å². The highest BCUT2D eigenvalue weighted by molar-refractivity contribution is 6.13. The number of aliphatic hydroxyl groups is 1. The first-order valence-corrected chi connectivity index (χ1v) is 11.2. The van der Waals surface area contributed by atoms with Crippen molar-refractivity contribution in [2.45, 2.75) is 12.1 Å². The first-order chi connectivity index (χ1) is 17.0. The van der Waals surface area contributed by atoms with Crippen LogP contribution in [-0.4, -0.2) is 61.0 Å². The van der Waals surface area contributed by atoms with Crippen molar-refractivity contribution in [3.8, 4) is 22.4 Å². The lowest BCUT2D eigenvalue weighted by Gasteiger charge is -2.15. The van der Waals surface area contributed by atoms with Gasteiger partial charge in [0.05, 0.1) is 41.9 Å². The van der Waals surface area contributed by atoms with E-state index in [1.54, 1.807) is 41.3 Å². The van der Waals surface area contributed by atoms with E-state index in [2.05, 4.69) is 30.7 Å². The summed E-state index contributed by atoms with van der Waals surface area (Å²) < 4.78 is 16.9. The Balaban J connectivity index is 1.41. The van der Waals surface area contributed by atoms with Gasteiger partial charge in [-0.2, -0.15) is 5.10 Å². The summed E-state index contributed by atoms with van der Waals surface area (Å²) >= 11 is 0. The molecule has 1 saturated heterocycles. The molecule has 1 fully saturated rings. The van der Waals surface area contributed by atoms with Gasteiger partial charge in [-0.1, -0.05) is 12.1 Å². The normalized spacial score (nSPS) is 17.9. The number of nitrogens with one attached hydrogen (secondary N) is 3. The molecule has 5 aromatic rings. The maximum atomic E-state index is 15.2.